The second-order valence-corrected chi connectivity index (χ2v) is 3.96. The molecule has 0 aromatic heterocycles. The third kappa shape index (κ3) is 7.23. The number of aliphatic imine (C=N–C) groups is 1. The van der Waals surface area contributed by atoms with Gasteiger partial charge >= 0.3 is 0 Å². The molecule has 3 heteroatoms. The van der Waals surface area contributed by atoms with E-state index in [0.717, 1.165) is 19.0 Å². The molecule has 0 rings (SSSR count). The summed E-state index contributed by atoms with van der Waals surface area (Å²) >= 11 is 0. The van der Waals surface area contributed by atoms with Gasteiger partial charge in [0.15, 0.2) is 5.96 Å². The number of rotatable bonds is 7. The molecule has 0 aliphatic rings. The molecule has 0 saturated carbocycles. The molecule has 0 heterocycles. The van der Waals surface area contributed by atoms with E-state index in [2.05, 4.69) is 36.1 Å². The third-order valence-corrected chi connectivity index (χ3v) is 2.48. The zero-order valence-corrected chi connectivity index (χ0v) is 10.8. The zero-order chi connectivity index (χ0) is 11.5. The van der Waals surface area contributed by atoms with E-state index in [0.29, 0.717) is 0 Å². The Bertz CT molecular complexity index is 166. The van der Waals surface area contributed by atoms with Gasteiger partial charge in [-0.1, -0.05) is 33.1 Å². The highest BCUT2D eigenvalue weighted by atomic mass is 15.3. The minimum atomic E-state index is 1.03. The lowest BCUT2D eigenvalue weighted by atomic mass is 10.2. The van der Waals surface area contributed by atoms with Crippen LogP contribution in [0.15, 0.2) is 4.99 Å². The fourth-order valence-electron chi connectivity index (χ4n) is 1.46. The monoisotopic (exact) mass is 213 g/mol. The lowest BCUT2D eigenvalue weighted by molar-refractivity contribution is 0.463. The standard InChI is InChI=1S/C12H27N3/c1-5-7-9-10-14-12(13-3)15(4)11-8-6-2/h5-11H2,1-4H3,(H,13,14). The van der Waals surface area contributed by atoms with E-state index >= 15 is 0 Å². The molecule has 0 unspecified atom stereocenters. The molecule has 90 valence electrons. The third-order valence-electron chi connectivity index (χ3n) is 2.48. The van der Waals surface area contributed by atoms with E-state index in [-0.39, 0.29) is 0 Å². The first kappa shape index (κ1) is 14.3. The number of hydrogen-bond donors (Lipinski definition) is 1. The van der Waals surface area contributed by atoms with Crippen molar-refractivity contribution in [3.05, 3.63) is 0 Å². The molecular formula is C12H27N3. The highest BCUT2D eigenvalue weighted by molar-refractivity contribution is 5.79. The maximum absolute atomic E-state index is 4.27. The molecule has 0 fully saturated rings. The molecule has 0 aliphatic carbocycles. The van der Waals surface area contributed by atoms with Gasteiger partial charge in [0.2, 0.25) is 0 Å². The predicted molar refractivity (Wildman–Crippen MR) is 68.4 cm³/mol. The first-order chi connectivity index (χ1) is 7.26. The van der Waals surface area contributed by atoms with Gasteiger partial charge in [-0.3, -0.25) is 4.99 Å². The Labute approximate surface area is 95.0 Å². The summed E-state index contributed by atoms with van der Waals surface area (Å²) in [6, 6.07) is 0. The molecule has 0 amide bonds. The number of nitrogens with zero attached hydrogens (tertiary/aromatic N) is 2. The molecule has 0 spiro atoms. The van der Waals surface area contributed by atoms with Crippen LogP contribution in [0.1, 0.15) is 46.0 Å². The van der Waals surface area contributed by atoms with Crippen LogP contribution in [0.2, 0.25) is 0 Å². The Morgan fingerprint density at radius 1 is 1.13 bits per heavy atom. The van der Waals surface area contributed by atoms with Crippen LogP contribution in [-0.4, -0.2) is 38.0 Å². The van der Waals surface area contributed by atoms with E-state index in [1.54, 1.807) is 0 Å². The fourth-order valence-corrected chi connectivity index (χ4v) is 1.46. The summed E-state index contributed by atoms with van der Waals surface area (Å²) in [5, 5.41) is 3.39. The topological polar surface area (TPSA) is 27.6 Å². The van der Waals surface area contributed by atoms with Gasteiger partial charge in [-0.2, -0.15) is 0 Å². The number of unbranched alkanes of at least 4 members (excludes halogenated alkanes) is 3. The minimum Gasteiger partial charge on any atom is -0.356 e. The summed E-state index contributed by atoms with van der Waals surface area (Å²) in [6.07, 6.45) is 6.26. The molecule has 0 atom stereocenters. The Balaban J connectivity index is 3.71. The molecule has 0 saturated heterocycles. The summed E-state index contributed by atoms with van der Waals surface area (Å²) in [7, 11) is 3.95. The summed E-state index contributed by atoms with van der Waals surface area (Å²) in [5.74, 6) is 1.03. The number of nitrogens with one attached hydrogen (secondary N) is 1. The van der Waals surface area contributed by atoms with E-state index < -0.39 is 0 Å². The summed E-state index contributed by atoms with van der Waals surface area (Å²) in [5.41, 5.74) is 0. The molecule has 0 aromatic carbocycles. The molecule has 0 aliphatic heterocycles. The van der Waals surface area contributed by atoms with Crippen molar-refractivity contribution < 1.29 is 0 Å². The van der Waals surface area contributed by atoms with Crippen LogP contribution in [0.3, 0.4) is 0 Å². The second kappa shape index (κ2) is 9.81. The Morgan fingerprint density at radius 3 is 2.33 bits per heavy atom. The predicted octanol–water partition coefficient (Wildman–Crippen LogP) is 2.48. The van der Waals surface area contributed by atoms with E-state index in [9.17, 15) is 0 Å². The Hall–Kier alpha value is -0.730. The van der Waals surface area contributed by atoms with Crippen molar-refractivity contribution in [2.24, 2.45) is 4.99 Å². The molecule has 0 radical (unpaired) electrons. The first-order valence-electron chi connectivity index (χ1n) is 6.18. The fraction of sp³-hybridized carbons (Fsp3) is 0.917. The van der Waals surface area contributed by atoms with Gasteiger partial charge < -0.3 is 10.2 Å². The van der Waals surface area contributed by atoms with E-state index in [4.69, 9.17) is 0 Å². The van der Waals surface area contributed by atoms with Gasteiger partial charge in [-0.05, 0) is 12.8 Å². The molecule has 1 N–H and O–H groups in total. The average Bonchev–Trinajstić information content (AvgIpc) is 2.26. The summed E-state index contributed by atoms with van der Waals surface area (Å²) < 4.78 is 0. The van der Waals surface area contributed by atoms with Gasteiger partial charge in [0, 0.05) is 27.2 Å². The maximum Gasteiger partial charge on any atom is 0.193 e. The number of hydrogen-bond acceptors (Lipinski definition) is 1. The van der Waals surface area contributed by atoms with Crippen LogP contribution >= 0.6 is 0 Å². The second-order valence-electron chi connectivity index (χ2n) is 3.96. The smallest absolute Gasteiger partial charge is 0.193 e. The zero-order valence-electron chi connectivity index (χ0n) is 10.8. The largest absolute Gasteiger partial charge is 0.356 e. The molecular weight excluding hydrogens is 186 g/mol. The molecule has 3 nitrogen and oxygen atoms in total. The van der Waals surface area contributed by atoms with Gasteiger partial charge in [0.1, 0.15) is 0 Å². The van der Waals surface area contributed by atoms with Crippen LogP contribution in [0, 0.1) is 0 Å². The van der Waals surface area contributed by atoms with Crippen molar-refractivity contribution >= 4 is 5.96 Å². The molecule has 0 bridgehead atoms. The quantitative estimate of drug-likeness (QED) is 0.400. The maximum atomic E-state index is 4.27. The van der Waals surface area contributed by atoms with Crippen molar-refractivity contribution in [3.63, 3.8) is 0 Å². The highest BCUT2D eigenvalue weighted by Gasteiger charge is 2.03. The molecule has 15 heavy (non-hydrogen) atoms. The van der Waals surface area contributed by atoms with Gasteiger partial charge in [0.05, 0.1) is 0 Å². The van der Waals surface area contributed by atoms with Crippen molar-refractivity contribution in [1.29, 1.82) is 0 Å². The van der Waals surface area contributed by atoms with Crippen LogP contribution < -0.4 is 5.32 Å². The normalized spacial score (nSPS) is 11.6. The Kier molecular flexibility index (Phi) is 9.33. The van der Waals surface area contributed by atoms with Crippen LogP contribution in [0.4, 0.5) is 0 Å². The van der Waals surface area contributed by atoms with Crippen molar-refractivity contribution in [2.45, 2.75) is 46.0 Å². The van der Waals surface area contributed by atoms with Gasteiger partial charge in [-0.25, -0.2) is 0 Å². The summed E-state index contributed by atoms with van der Waals surface area (Å²) in [6.45, 7) is 6.56. The van der Waals surface area contributed by atoms with Crippen LogP contribution in [-0.2, 0) is 0 Å². The number of guanidine groups is 1. The molecule has 0 aromatic rings. The van der Waals surface area contributed by atoms with Crippen molar-refractivity contribution in [2.75, 3.05) is 27.2 Å². The van der Waals surface area contributed by atoms with E-state index in [1.165, 1.54) is 32.1 Å². The van der Waals surface area contributed by atoms with E-state index in [1.807, 2.05) is 7.05 Å². The minimum absolute atomic E-state index is 1.03. The van der Waals surface area contributed by atoms with Gasteiger partial charge in [0.25, 0.3) is 0 Å². The summed E-state index contributed by atoms with van der Waals surface area (Å²) in [4.78, 5) is 6.47. The van der Waals surface area contributed by atoms with Crippen LogP contribution in [0.25, 0.3) is 0 Å². The Morgan fingerprint density at radius 2 is 1.80 bits per heavy atom. The first-order valence-corrected chi connectivity index (χ1v) is 6.18. The lowest BCUT2D eigenvalue weighted by Crippen LogP contribution is -2.39. The van der Waals surface area contributed by atoms with Crippen LogP contribution in [0.5, 0.6) is 0 Å². The van der Waals surface area contributed by atoms with Crippen molar-refractivity contribution in [1.82, 2.24) is 10.2 Å². The SMILES string of the molecule is CCCCCNC(=NC)N(C)CCCC. The average molecular weight is 213 g/mol. The van der Waals surface area contributed by atoms with Gasteiger partial charge in [-0.15, -0.1) is 0 Å². The lowest BCUT2D eigenvalue weighted by Gasteiger charge is -2.21. The highest BCUT2D eigenvalue weighted by Crippen LogP contribution is 1.94. The van der Waals surface area contributed by atoms with Crippen molar-refractivity contribution in [3.8, 4) is 0 Å².